The standard InChI is InChI=1S/C24H25NO10/c1-31-21-15-17(5-9-19(21)26)8-12-24(28)35-20-10-6-18(16-22(20)32-2)7-11-23(27)33-13-3-4-14-34-25(29)30/h5-12,15-16,26H,3-4,13-14H2,1-2H3. The molecule has 0 amide bonds. The summed E-state index contributed by atoms with van der Waals surface area (Å²) >= 11 is 0. The Morgan fingerprint density at radius 1 is 0.886 bits per heavy atom. The van der Waals surface area contributed by atoms with Crippen LogP contribution in [0.3, 0.4) is 0 Å². The molecule has 11 nitrogen and oxygen atoms in total. The number of benzene rings is 2. The van der Waals surface area contributed by atoms with E-state index in [9.17, 15) is 24.8 Å². The van der Waals surface area contributed by atoms with Crippen molar-refractivity contribution in [3.63, 3.8) is 0 Å². The number of phenols is 1. The molecule has 0 bridgehead atoms. The molecule has 2 aromatic rings. The molecule has 0 radical (unpaired) electrons. The first-order valence-electron chi connectivity index (χ1n) is 10.4. The van der Waals surface area contributed by atoms with Crippen molar-refractivity contribution >= 4 is 24.1 Å². The van der Waals surface area contributed by atoms with Crippen molar-refractivity contribution in [2.45, 2.75) is 12.8 Å². The first kappa shape index (κ1) is 26.7. The van der Waals surface area contributed by atoms with Crippen molar-refractivity contribution in [1.29, 1.82) is 0 Å². The Kier molecular flexibility index (Phi) is 10.6. The summed E-state index contributed by atoms with van der Waals surface area (Å²) in [4.78, 5) is 38.2. The largest absolute Gasteiger partial charge is 0.504 e. The third kappa shape index (κ3) is 9.46. The van der Waals surface area contributed by atoms with Crippen LogP contribution < -0.4 is 14.2 Å². The number of unbranched alkanes of at least 4 members (excludes halogenated alkanes) is 1. The van der Waals surface area contributed by atoms with E-state index in [1.165, 1.54) is 50.7 Å². The number of esters is 2. The summed E-state index contributed by atoms with van der Waals surface area (Å²) in [5.41, 5.74) is 1.23. The quantitative estimate of drug-likeness (QED) is 0.111. The molecule has 0 aromatic heterocycles. The normalized spacial score (nSPS) is 10.8. The van der Waals surface area contributed by atoms with Gasteiger partial charge in [0.1, 0.15) is 0 Å². The third-order valence-electron chi connectivity index (χ3n) is 4.41. The number of nitrogens with zero attached hydrogens (tertiary/aromatic N) is 1. The van der Waals surface area contributed by atoms with E-state index in [1.807, 2.05) is 0 Å². The topological polar surface area (TPSA) is 144 Å². The van der Waals surface area contributed by atoms with Crippen LogP contribution in [0.2, 0.25) is 0 Å². The molecule has 0 fully saturated rings. The Bertz CT molecular complexity index is 1090. The molecule has 0 aliphatic heterocycles. The van der Waals surface area contributed by atoms with E-state index in [0.29, 0.717) is 24.0 Å². The monoisotopic (exact) mass is 487 g/mol. The molecule has 0 unspecified atom stereocenters. The van der Waals surface area contributed by atoms with Gasteiger partial charge in [-0.2, -0.15) is 0 Å². The molecular formula is C24H25NO10. The summed E-state index contributed by atoms with van der Waals surface area (Å²) in [6.45, 7) is 0.0470. The van der Waals surface area contributed by atoms with Crippen molar-refractivity contribution in [1.82, 2.24) is 0 Å². The Morgan fingerprint density at radius 3 is 2.14 bits per heavy atom. The average molecular weight is 487 g/mol. The van der Waals surface area contributed by atoms with Gasteiger partial charge in [-0.1, -0.05) is 12.1 Å². The summed E-state index contributed by atoms with van der Waals surface area (Å²) in [5.74, 6) is -0.505. The first-order chi connectivity index (χ1) is 16.8. The van der Waals surface area contributed by atoms with E-state index in [0.717, 1.165) is 0 Å². The van der Waals surface area contributed by atoms with Crippen LogP contribution >= 0.6 is 0 Å². The minimum absolute atomic E-state index is 0.0142. The van der Waals surface area contributed by atoms with Crippen molar-refractivity contribution < 1.29 is 43.6 Å². The zero-order valence-electron chi connectivity index (χ0n) is 19.2. The molecule has 0 saturated heterocycles. The predicted octanol–water partition coefficient (Wildman–Crippen LogP) is 3.57. The molecule has 0 saturated carbocycles. The van der Waals surface area contributed by atoms with Gasteiger partial charge in [0.05, 0.1) is 27.4 Å². The lowest BCUT2D eigenvalue weighted by atomic mass is 10.2. The Balaban J connectivity index is 1.90. The van der Waals surface area contributed by atoms with Gasteiger partial charge in [-0.15, -0.1) is 10.1 Å². The van der Waals surface area contributed by atoms with Crippen molar-refractivity contribution in [2.75, 3.05) is 27.4 Å². The number of hydrogen-bond acceptors (Lipinski definition) is 10. The molecule has 2 rings (SSSR count). The molecule has 1 N–H and O–H groups in total. The van der Waals surface area contributed by atoms with Crippen LogP contribution in [-0.2, 0) is 19.2 Å². The number of carbonyl (C=O) groups excluding carboxylic acids is 2. The highest BCUT2D eigenvalue weighted by atomic mass is 16.9. The first-order valence-corrected chi connectivity index (χ1v) is 10.4. The maximum absolute atomic E-state index is 12.2. The van der Waals surface area contributed by atoms with Gasteiger partial charge in [-0.25, -0.2) is 9.59 Å². The summed E-state index contributed by atoms with van der Waals surface area (Å²) in [7, 11) is 2.83. The number of methoxy groups -OCH3 is 2. The molecule has 2 aromatic carbocycles. The Hall–Kier alpha value is -4.54. The fourth-order valence-corrected chi connectivity index (χ4v) is 2.71. The Morgan fingerprint density at radius 2 is 1.49 bits per heavy atom. The van der Waals surface area contributed by atoms with E-state index in [4.69, 9.17) is 18.9 Å². The lowest BCUT2D eigenvalue weighted by molar-refractivity contribution is -0.757. The number of hydrogen-bond donors (Lipinski definition) is 1. The fraction of sp³-hybridized carbons (Fsp3) is 0.250. The summed E-state index contributed by atoms with van der Waals surface area (Å²) in [6, 6.07) is 9.35. The molecule has 0 spiro atoms. The maximum Gasteiger partial charge on any atom is 0.336 e. The molecule has 0 atom stereocenters. The SMILES string of the molecule is COc1cc(C=CC(=O)Oc2ccc(C=CC(=O)OCCCCO[N+](=O)[O-])cc2OC)ccc1O. The maximum atomic E-state index is 12.2. The van der Waals surface area contributed by atoms with Gasteiger partial charge in [-0.3, -0.25) is 0 Å². The molecule has 11 heteroatoms. The molecule has 0 heterocycles. The minimum Gasteiger partial charge on any atom is -0.504 e. The van der Waals surface area contributed by atoms with Gasteiger partial charge >= 0.3 is 11.9 Å². The summed E-state index contributed by atoms with van der Waals surface area (Å²) < 4.78 is 20.6. The van der Waals surface area contributed by atoms with E-state index in [-0.39, 0.29) is 36.2 Å². The fourth-order valence-electron chi connectivity index (χ4n) is 2.71. The summed E-state index contributed by atoms with van der Waals surface area (Å²) in [5, 5.41) is 18.8. The van der Waals surface area contributed by atoms with E-state index in [2.05, 4.69) is 4.84 Å². The second-order valence-corrected chi connectivity index (χ2v) is 6.86. The van der Waals surface area contributed by atoms with Crippen LogP contribution in [0.25, 0.3) is 12.2 Å². The molecular weight excluding hydrogens is 462 g/mol. The predicted molar refractivity (Wildman–Crippen MR) is 124 cm³/mol. The zero-order valence-corrected chi connectivity index (χ0v) is 19.2. The van der Waals surface area contributed by atoms with Crippen LogP contribution in [0, 0.1) is 10.1 Å². The second-order valence-electron chi connectivity index (χ2n) is 6.86. The van der Waals surface area contributed by atoms with Crippen LogP contribution in [0.5, 0.6) is 23.0 Å². The van der Waals surface area contributed by atoms with Crippen LogP contribution in [0.15, 0.2) is 48.6 Å². The van der Waals surface area contributed by atoms with Crippen LogP contribution in [0.4, 0.5) is 0 Å². The molecule has 0 aliphatic carbocycles. The van der Waals surface area contributed by atoms with Gasteiger partial charge in [-0.05, 0) is 60.4 Å². The van der Waals surface area contributed by atoms with E-state index in [1.54, 1.807) is 24.3 Å². The molecule has 35 heavy (non-hydrogen) atoms. The smallest absolute Gasteiger partial charge is 0.336 e. The van der Waals surface area contributed by atoms with Crippen molar-refractivity contribution in [2.24, 2.45) is 0 Å². The number of ether oxygens (including phenoxy) is 4. The van der Waals surface area contributed by atoms with E-state index >= 15 is 0 Å². The lowest BCUT2D eigenvalue weighted by Gasteiger charge is -2.09. The number of aromatic hydroxyl groups is 1. The lowest BCUT2D eigenvalue weighted by Crippen LogP contribution is -2.06. The summed E-state index contributed by atoms with van der Waals surface area (Å²) in [6.07, 6.45) is 6.27. The van der Waals surface area contributed by atoms with Gasteiger partial charge in [0.15, 0.2) is 23.0 Å². The minimum atomic E-state index is -0.874. The molecule has 186 valence electrons. The van der Waals surface area contributed by atoms with Crippen LogP contribution in [-0.4, -0.2) is 49.6 Å². The van der Waals surface area contributed by atoms with Gasteiger partial charge in [0, 0.05) is 12.2 Å². The highest BCUT2D eigenvalue weighted by molar-refractivity contribution is 5.89. The van der Waals surface area contributed by atoms with Gasteiger partial charge in [0.25, 0.3) is 5.09 Å². The Labute approximate surface area is 201 Å². The van der Waals surface area contributed by atoms with Crippen molar-refractivity contribution in [3.8, 4) is 23.0 Å². The second kappa shape index (κ2) is 13.9. The molecule has 0 aliphatic rings. The average Bonchev–Trinajstić information content (AvgIpc) is 2.84. The zero-order chi connectivity index (χ0) is 25.6. The number of rotatable bonds is 13. The third-order valence-corrected chi connectivity index (χ3v) is 4.41. The number of carbonyl (C=O) groups is 2. The van der Waals surface area contributed by atoms with Crippen LogP contribution in [0.1, 0.15) is 24.0 Å². The highest BCUT2D eigenvalue weighted by Gasteiger charge is 2.09. The van der Waals surface area contributed by atoms with Gasteiger partial charge in [0.2, 0.25) is 0 Å². The van der Waals surface area contributed by atoms with E-state index < -0.39 is 17.0 Å². The van der Waals surface area contributed by atoms with Crippen molar-refractivity contribution in [3.05, 3.63) is 69.8 Å². The van der Waals surface area contributed by atoms with Gasteiger partial charge < -0.3 is 28.9 Å². The number of phenolic OH excluding ortho intramolecular Hbond substituents is 1. The highest BCUT2D eigenvalue weighted by Crippen LogP contribution is 2.29.